The molecular weight excluding hydrogens is 445 g/mol. The maximum atomic E-state index is 13.0. The van der Waals surface area contributed by atoms with Crippen LogP contribution in [0.3, 0.4) is 0 Å². The Hall–Kier alpha value is -3.01. The summed E-state index contributed by atoms with van der Waals surface area (Å²) < 4.78 is 47.8. The van der Waals surface area contributed by atoms with E-state index in [-0.39, 0.29) is 16.7 Å². The van der Waals surface area contributed by atoms with Gasteiger partial charge in [0, 0.05) is 22.5 Å². The first-order chi connectivity index (χ1) is 16.0. The lowest BCUT2D eigenvalue weighted by atomic mass is 9.88. The predicted octanol–water partition coefficient (Wildman–Crippen LogP) is 3.93. The number of halogens is 1. The Morgan fingerprint density at radius 2 is 1.82 bits per heavy atom. The molecule has 7 nitrogen and oxygen atoms in total. The molecule has 2 aromatic heterocycles. The Balaban J connectivity index is 1.46. The summed E-state index contributed by atoms with van der Waals surface area (Å²) in [5, 5.41) is 13.4. The monoisotopic (exact) mass is 469 g/mol. The summed E-state index contributed by atoms with van der Waals surface area (Å²) in [5.41, 5.74) is 1.89. The lowest BCUT2D eigenvalue weighted by molar-refractivity contribution is 0.0546. The van der Waals surface area contributed by atoms with Crippen LogP contribution in [0.15, 0.2) is 71.9 Å². The zero-order valence-corrected chi connectivity index (χ0v) is 18.6. The number of nitrogens with zero attached hydrogens (tertiary/aromatic N) is 2. The van der Waals surface area contributed by atoms with Crippen LogP contribution < -0.4 is 9.46 Å². The fourth-order valence-electron chi connectivity index (χ4n) is 4.82. The molecule has 0 spiro atoms. The molecule has 172 valence electrons. The van der Waals surface area contributed by atoms with Crippen molar-refractivity contribution in [2.45, 2.75) is 42.3 Å². The van der Waals surface area contributed by atoms with Crippen molar-refractivity contribution in [3.05, 3.63) is 67.0 Å². The summed E-state index contributed by atoms with van der Waals surface area (Å²) in [6, 6.07) is 14.5. The van der Waals surface area contributed by atoms with E-state index in [9.17, 15) is 17.9 Å². The number of sulfonamides is 1. The Morgan fingerprint density at radius 1 is 1.06 bits per heavy atom. The maximum absolute atomic E-state index is 13.0. The van der Waals surface area contributed by atoms with E-state index in [1.54, 1.807) is 12.4 Å². The summed E-state index contributed by atoms with van der Waals surface area (Å²) in [6.07, 6.45) is 4.61. The van der Waals surface area contributed by atoms with Crippen molar-refractivity contribution >= 4 is 31.8 Å². The smallest absolute Gasteiger partial charge is 0.240 e. The number of alkyl halides is 1. The summed E-state index contributed by atoms with van der Waals surface area (Å²) in [4.78, 5) is 4.31. The van der Waals surface area contributed by atoms with Crippen LogP contribution in [-0.4, -0.2) is 42.1 Å². The quantitative estimate of drug-likeness (QED) is 0.446. The van der Waals surface area contributed by atoms with E-state index >= 15 is 0 Å². The molecule has 2 aromatic carbocycles. The molecule has 2 heterocycles. The molecule has 0 unspecified atom stereocenters. The van der Waals surface area contributed by atoms with Crippen LogP contribution in [0.5, 0.6) is 5.75 Å². The number of para-hydroxylation sites is 1. The number of pyridine rings is 1. The van der Waals surface area contributed by atoms with Crippen molar-refractivity contribution in [2.75, 3.05) is 6.86 Å². The highest BCUT2D eigenvalue weighted by Gasteiger charge is 2.37. The SMILES string of the molecule is O=S(=O)(N[C@H]1CCC[C@@H](n2c3ccccc3c3ccncc32)[C@@H]1O)c1ccc(OCF)cc1. The number of benzene rings is 2. The molecule has 4 aromatic rings. The zero-order valence-electron chi connectivity index (χ0n) is 17.8. The average Bonchev–Trinajstić information content (AvgIpc) is 3.15. The molecule has 9 heteroatoms. The molecule has 1 aliphatic rings. The molecule has 5 rings (SSSR count). The number of rotatable bonds is 6. The predicted molar refractivity (Wildman–Crippen MR) is 123 cm³/mol. The molecule has 2 N–H and O–H groups in total. The largest absolute Gasteiger partial charge is 0.463 e. The molecule has 1 saturated carbocycles. The molecule has 0 bridgehead atoms. The third kappa shape index (κ3) is 3.96. The van der Waals surface area contributed by atoms with Crippen LogP contribution >= 0.6 is 0 Å². The third-order valence-electron chi connectivity index (χ3n) is 6.33. The van der Waals surface area contributed by atoms with Gasteiger partial charge >= 0.3 is 0 Å². The van der Waals surface area contributed by atoms with E-state index in [2.05, 4.69) is 14.3 Å². The molecule has 1 aliphatic carbocycles. The van der Waals surface area contributed by atoms with Crippen molar-refractivity contribution in [2.24, 2.45) is 0 Å². The summed E-state index contributed by atoms with van der Waals surface area (Å²) in [7, 11) is -3.88. The van der Waals surface area contributed by atoms with Crippen molar-refractivity contribution in [3.8, 4) is 5.75 Å². The number of hydrogen-bond acceptors (Lipinski definition) is 5. The minimum atomic E-state index is -3.88. The average molecular weight is 470 g/mol. The molecule has 0 aliphatic heterocycles. The van der Waals surface area contributed by atoms with E-state index in [0.29, 0.717) is 6.42 Å². The number of aliphatic hydroxyl groups is 1. The highest BCUT2D eigenvalue weighted by Crippen LogP contribution is 2.37. The molecule has 1 fully saturated rings. The van der Waals surface area contributed by atoms with Gasteiger partial charge in [-0.15, -0.1) is 0 Å². The van der Waals surface area contributed by atoms with Crippen LogP contribution in [0.2, 0.25) is 0 Å². The fourth-order valence-corrected chi connectivity index (χ4v) is 6.10. The summed E-state index contributed by atoms with van der Waals surface area (Å²) >= 11 is 0. The van der Waals surface area contributed by atoms with Gasteiger partial charge in [-0.3, -0.25) is 4.98 Å². The zero-order chi connectivity index (χ0) is 23.0. The van der Waals surface area contributed by atoms with Gasteiger partial charge in [0.15, 0.2) is 0 Å². The second-order valence-electron chi connectivity index (χ2n) is 8.22. The second kappa shape index (κ2) is 8.74. The first kappa shape index (κ1) is 21.8. The van der Waals surface area contributed by atoms with Gasteiger partial charge in [0.25, 0.3) is 0 Å². The van der Waals surface area contributed by atoms with Crippen LogP contribution in [-0.2, 0) is 10.0 Å². The molecule has 0 radical (unpaired) electrons. The van der Waals surface area contributed by atoms with Crippen LogP contribution in [0.1, 0.15) is 25.3 Å². The highest BCUT2D eigenvalue weighted by molar-refractivity contribution is 7.89. The summed E-state index contributed by atoms with van der Waals surface area (Å²) in [5.74, 6) is 0.245. The Bertz CT molecular complexity index is 1330. The van der Waals surface area contributed by atoms with Gasteiger partial charge in [-0.05, 0) is 55.7 Å². The third-order valence-corrected chi connectivity index (χ3v) is 7.83. The fraction of sp³-hybridized carbons (Fsp3) is 0.292. The number of aromatic nitrogens is 2. The molecule has 33 heavy (non-hydrogen) atoms. The maximum Gasteiger partial charge on any atom is 0.240 e. The normalized spacial score (nSPS) is 21.5. The van der Waals surface area contributed by atoms with Crippen LogP contribution in [0.4, 0.5) is 4.39 Å². The van der Waals surface area contributed by atoms with Gasteiger partial charge in [-0.2, -0.15) is 0 Å². The minimum absolute atomic E-state index is 0.0316. The number of aliphatic hydroxyl groups excluding tert-OH is 1. The van der Waals surface area contributed by atoms with Crippen LogP contribution in [0.25, 0.3) is 21.8 Å². The van der Waals surface area contributed by atoms with Crippen LogP contribution in [0, 0.1) is 0 Å². The van der Waals surface area contributed by atoms with Gasteiger partial charge in [0.05, 0.1) is 34.8 Å². The highest BCUT2D eigenvalue weighted by atomic mass is 32.2. The second-order valence-corrected chi connectivity index (χ2v) is 9.94. The van der Waals surface area contributed by atoms with E-state index < -0.39 is 29.0 Å². The van der Waals surface area contributed by atoms with Crippen molar-refractivity contribution < 1.29 is 22.7 Å². The molecule has 0 saturated heterocycles. The lowest BCUT2D eigenvalue weighted by Crippen LogP contribution is -2.49. The first-order valence-corrected chi connectivity index (χ1v) is 12.3. The lowest BCUT2D eigenvalue weighted by Gasteiger charge is -2.36. The van der Waals surface area contributed by atoms with E-state index in [1.807, 2.05) is 30.3 Å². The first-order valence-electron chi connectivity index (χ1n) is 10.8. The van der Waals surface area contributed by atoms with Gasteiger partial charge < -0.3 is 14.4 Å². The van der Waals surface area contributed by atoms with E-state index in [1.165, 1.54) is 24.3 Å². The number of nitrogens with one attached hydrogen (secondary N) is 1. The van der Waals surface area contributed by atoms with E-state index in [0.717, 1.165) is 34.6 Å². The van der Waals surface area contributed by atoms with Crippen molar-refractivity contribution in [3.63, 3.8) is 0 Å². The molecular formula is C24H24FN3O4S. The minimum Gasteiger partial charge on any atom is -0.463 e. The topological polar surface area (TPSA) is 93.5 Å². The van der Waals surface area contributed by atoms with Gasteiger partial charge in [-0.25, -0.2) is 17.5 Å². The van der Waals surface area contributed by atoms with Gasteiger partial charge in [-0.1, -0.05) is 18.2 Å². The number of ether oxygens (including phenoxy) is 1. The standard InChI is InChI=1S/C24H24FN3O4S/c25-15-32-16-8-10-17(11-9-16)33(30,31)27-20-5-3-7-22(24(20)29)28-21-6-2-1-4-18(21)19-12-13-26-14-23(19)28/h1-2,4,6,8-14,20,22,24,27,29H,3,5,7,15H2/t20-,22+,24+/m0/s1. The van der Waals surface area contributed by atoms with Gasteiger partial charge in [0.2, 0.25) is 16.9 Å². The number of hydrogen-bond donors (Lipinski definition) is 2. The summed E-state index contributed by atoms with van der Waals surface area (Å²) in [6.45, 7) is -0.988. The van der Waals surface area contributed by atoms with E-state index in [4.69, 9.17) is 4.74 Å². The van der Waals surface area contributed by atoms with Crippen molar-refractivity contribution in [1.82, 2.24) is 14.3 Å². The Labute approximate surface area is 190 Å². The Kier molecular flexibility index (Phi) is 5.77. The number of fused-ring (bicyclic) bond motifs is 3. The van der Waals surface area contributed by atoms with Gasteiger partial charge in [0.1, 0.15) is 5.75 Å². The molecule has 3 atom stereocenters. The van der Waals surface area contributed by atoms with Crippen molar-refractivity contribution in [1.29, 1.82) is 0 Å². The Morgan fingerprint density at radius 3 is 2.61 bits per heavy atom. The molecule has 0 amide bonds.